The normalized spacial score (nSPS) is 12.5. The van der Waals surface area contributed by atoms with Gasteiger partial charge in [-0.3, -0.25) is 4.79 Å². The van der Waals surface area contributed by atoms with Gasteiger partial charge in [0.1, 0.15) is 18.1 Å². The van der Waals surface area contributed by atoms with E-state index in [1.807, 2.05) is 17.5 Å². The predicted molar refractivity (Wildman–Crippen MR) is 113 cm³/mol. The molecule has 1 aliphatic carbocycles. The van der Waals surface area contributed by atoms with Crippen molar-refractivity contribution in [2.75, 3.05) is 12.4 Å². The molecule has 6 heteroatoms. The first-order valence-electron chi connectivity index (χ1n) is 9.09. The molecule has 1 N–H and O–H groups in total. The molecule has 0 aliphatic heterocycles. The zero-order valence-electron chi connectivity index (χ0n) is 15.5. The number of aryl methyl sites for hydroxylation is 2. The standard InChI is InChI=1S/C22H20ClNO3S/c1-26-20-8-6-17(11-19(20)23)24-22(25)21-9-14(13-28-21)12-27-18-7-5-15-3-2-4-16(15)10-18/h5-11,13H,2-4,12H2,1H3,(H,24,25). The van der Waals surface area contributed by atoms with Gasteiger partial charge in [0.15, 0.2) is 0 Å². The lowest BCUT2D eigenvalue weighted by molar-refractivity contribution is 0.103. The van der Waals surface area contributed by atoms with E-state index in [0.717, 1.165) is 24.2 Å². The molecule has 0 spiro atoms. The Bertz CT molecular complexity index is 1010. The molecule has 4 rings (SSSR count). The van der Waals surface area contributed by atoms with Crippen molar-refractivity contribution in [1.29, 1.82) is 0 Å². The van der Waals surface area contributed by atoms with Crippen molar-refractivity contribution in [3.05, 3.63) is 74.4 Å². The number of rotatable bonds is 6. The summed E-state index contributed by atoms with van der Waals surface area (Å²) in [5, 5.41) is 5.26. The van der Waals surface area contributed by atoms with Crippen molar-refractivity contribution in [2.45, 2.75) is 25.9 Å². The summed E-state index contributed by atoms with van der Waals surface area (Å²) in [6, 6.07) is 13.3. The van der Waals surface area contributed by atoms with Crippen LogP contribution in [0.5, 0.6) is 11.5 Å². The van der Waals surface area contributed by atoms with Gasteiger partial charge >= 0.3 is 0 Å². The highest BCUT2D eigenvalue weighted by Gasteiger charge is 2.13. The quantitative estimate of drug-likeness (QED) is 0.561. The Balaban J connectivity index is 1.37. The highest BCUT2D eigenvalue weighted by Crippen LogP contribution is 2.29. The molecule has 0 radical (unpaired) electrons. The summed E-state index contributed by atoms with van der Waals surface area (Å²) < 4.78 is 11.0. The van der Waals surface area contributed by atoms with Crippen molar-refractivity contribution in [2.24, 2.45) is 0 Å². The molecule has 0 atom stereocenters. The molecule has 1 aromatic heterocycles. The van der Waals surface area contributed by atoms with Gasteiger partial charge in [0.25, 0.3) is 5.91 Å². The smallest absolute Gasteiger partial charge is 0.265 e. The number of carbonyl (C=O) groups is 1. The predicted octanol–water partition coefficient (Wildman–Crippen LogP) is 5.73. The Morgan fingerprint density at radius 1 is 1.14 bits per heavy atom. The van der Waals surface area contributed by atoms with Crippen molar-refractivity contribution in [3.63, 3.8) is 0 Å². The van der Waals surface area contributed by atoms with E-state index < -0.39 is 0 Å². The number of halogens is 1. The molecule has 1 heterocycles. The fraction of sp³-hybridized carbons (Fsp3) is 0.227. The maximum Gasteiger partial charge on any atom is 0.265 e. The number of methoxy groups -OCH3 is 1. The van der Waals surface area contributed by atoms with E-state index >= 15 is 0 Å². The van der Waals surface area contributed by atoms with Crippen LogP contribution >= 0.6 is 22.9 Å². The van der Waals surface area contributed by atoms with Crippen molar-refractivity contribution in [1.82, 2.24) is 0 Å². The van der Waals surface area contributed by atoms with E-state index in [4.69, 9.17) is 21.1 Å². The molecule has 0 saturated heterocycles. The number of ether oxygens (including phenoxy) is 2. The van der Waals surface area contributed by atoms with Gasteiger partial charge in [-0.2, -0.15) is 0 Å². The van der Waals surface area contributed by atoms with E-state index in [-0.39, 0.29) is 5.91 Å². The number of hydrogen-bond acceptors (Lipinski definition) is 4. The molecule has 2 aromatic carbocycles. The summed E-state index contributed by atoms with van der Waals surface area (Å²) in [6.45, 7) is 0.441. The summed E-state index contributed by atoms with van der Waals surface area (Å²) in [4.78, 5) is 13.1. The molecule has 0 fully saturated rings. The van der Waals surface area contributed by atoms with Gasteiger partial charge in [-0.15, -0.1) is 11.3 Å². The lowest BCUT2D eigenvalue weighted by Gasteiger charge is -2.07. The van der Waals surface area contributed by atoms with Gasteiger partial charge in [0.05, 0.1) is 17.0 Å². The number of anilines is 1. The highest BCUT2D eigenvalue weighted by atomic mass is 35.5. The Hall–Kier alpha value is -2.50. The average Bonchev–Trinajstić information content (AvgIpc) is 3.35. The van der Waals surface area contributed by atoms with Crippen LogP contribution in [0.4, 0.5) is 5.69 Å². The minimum Gasteiger partial charge on any atom is -0.495 e. The van der Waals surface area contributed by atoms with E-state index in [1.165, 1.54) is 28.9 Å². The van der Waals surface area contributed by atoms with Crippen LogP contribution in [-0.4, -0.2) is 13.0 Å². The maximum atomic E-state index is 12.5. The largest absolute Gasteiger partial charge is 0.495 e. The molecule has 1 amide bonds. The number of fused-ring (bicyclic) bond motifs is 1. The molecular formula is C22H20ClNO3S. The van der Waals surface area contributed by atoms with E-state index in [1.54, 1.807) is 25.3 Å². The summed E-state index contributed by atoms with van der Waals surface area (Å²) in [6.07, 6.45) is 3.52. The fourth-order valence-corrected chi connectivity index (χ4v) is 4.36. The lowest BCUT2D eigenvalue weighted by atomic mass is 10.1. The van der Waals surface area contributed by atoms with E-state index in [9.17, 15) is 4.79 Å². The second-order valence-electron chi connectivity index (χ2n) is 6.70. The molecule has 0 bridgehead atoms. The van der Waals surface area contributed by atoms with Crippen LogP contribution in [0.1, 0.15) is 32.8 Å². The third kappa shape index (κ3) is 4.16. The summed E-state index contributed by atoms with van der Waals surface area (Å²) in [7, 11) is 1.55. The molecule has 28 heavy (non-hydrogen) atoms. The van der Waals surface area contributed by atoms with Crippen LogP contribution in [0.25, 0.3) is 0 Å². The maximum absolute atomic E-state index is 12.5. The topological polar surface area (TPSA) is 47.6 Å². The number of thiophene rings is 1. The first-order chi connectivity index (χ1) is 13.6. The van der Waals surface area contributed by atoms with Gasteiger partial charge in [-0.25, -0.2) is 0 Å². The van der Waals surface area contributed by atoms with Crippen LogP contribution in [0, 0.1) is 0 Å². The zero-order chi connectivity index (χ0) is 19.5. The van der Waals surface area contributed by atoms with Crippen LogP contribution in [0.2, 0.25) is 5.02 Å². The van der Waals surface area contributed by atoms with Crippen molar-refractivity contribution in [3.8, 4) is 11.5 Å². The average molecular weight is 414 g/mol. The highest BCUT2D eigenvalue weighted by molar-refractivity contribution is 7.12. The SMILES string of the molecule is COc1ccc(NC(=O)c2cc(COc3ccc4c(c3)CCC4)cs2)cc1Cl. The number of benzene rings is 2. The Kier molecular flexibility index (Phi) is 5.55. The van der Waals surface area contributed by atoms with Gasteiger partial charge in [-0.1, -0.05) is 17.7 Å². The number of amides is 1. The van der Waals surface area contributed by atoms with E-state index in [0.29, 0.717) is 27.9 Å². The second kappa shape index (κ2) is 8.25. The van der Waals surface area contributed by atoms with Gasteiger partial charge in [0.2, 0.25) is 0 Å². The van der Waals surface area contributed by atoms with E-state index in [2.05, 4.69) is 17.4 Å². The number of carbonyl (C=O) groups excluding carboxylic acids is 1. The van der Waals surface area contributed by atoms with Crippen LogP contribution in [-0.2, 0) is 19.4 Å². The van der Waals surface area contributed by atoms with Gasteiger partial charge in [-0.05, 0) is 72.2 Å². The third-order valence-electron chi connectivity index (χ3n) is 4.76. The third-order valence-corrected chi connectivity index (χ3v) is 6.04. The second-order valence-corrected chi connectivity index (χ2v) is 8.01. The Morgan fingerprint density at radius 3 is 2.82 bits per heavy atom. The molecule has 4 nitrogen and oxygen atoms in total. The molecule has 144 valence electrons. The number of nitrogens with one attached hydrogen (secondary N) is 1. The van der Waals surface area contributed by atoms with Crippen LogP contribution in [0.3, 0.4) is 0 Å². The summed E-state index contributed by atoms with van der Waals surface area (Å²) >= 11 is 7.50. The lowest BCUT2D eigenvalue weighted by Crippen LogP contribution is -2.10. The van der Waals surface area contributed by atoms with Crippen LogP contribution < -0.4 is 14.8 Å². The Morgan fingerprint density at radius 2 is 2.00 bits per heavy atom. The van der Waals surface area contributed by atoms with Crippen molar-refractivity contribution >= 4 is 34.5 Å². The first kappa shape index (κ1) is 18.8. The van der Waals surface area contributed by atoms with Gasteiger partial charge in [0, 0.05) is 11.3 Å². The monoisotopic (exact) mass is 413 g/mol. The van der Waals surface area contributed by atoms with Gasteiger partial charge < -0.3 is 14.8 Å². The molecule has 0 saturated carbocycles. The molecule has 0 unspecified atom stereocenters. The molecule has 1 aliphatic rings. The Labute approximate surface area is 173 Å². The van der Waals surface area contributed by atoms with Crippen molar-refractivity contribution < 1.29 is 14.3 Å². The summed E-state index contributed by atoms with van der Waals surface area (Å²) in [5.41, 5.74) is 4.42. The fourth-order valence-electron chi connectivity index (χ4n) is 3.31. The zero-order valence-corrected chi connectivity index (χ0v) is 17.0. The summed E-state index contributed by atoms with van der Waals surface area (Å²) in [5.74, 6) is 1.28. The number of hydrogen-bond donors (Lipinski definition) is 1. The van der Waals surface area contributed by atoms with Crippen LogP contribution in [0.15, 0.2) is 47.8 Å². The molecular weight excluding hydrogens is 394 g/mol. The first-order valence-corrected chi connectivity index (χ1v) is 10.3. The minimum atomic E-state index is -0.171. The minimum absolute atomic E-state index is 0.171. The molecule has 3 aromatic rings.